The van der Waals surface area contributed by atoms with Crippen LogP contribution < -0.4 is 0 Å². The first kappa shape index (κ1) is 6.26. The lowest BCUT2D eigenvalue weighted by Gasteiger charge is -2.10. The molecule has 0 spiro atoms. The quantitative estimate of drug-likeness (QED) is 0.460. The van der Waals surface area contributed by atoms with Crippen LogP contribution in [0.25, 0.3) is 0 Å². The van der Waals surface area contributed by atoms with Crippen LogP contribution in [-0.2, 0) is 8.85 Å². The Morgan fingerprint density at radius 2 is 2.12 bits per heavy atom. The van der Waals surface area contributed by atoms with Gasteiger partial charge in [0.2, 0.25) is 0 Å². The van der Waals surface area contributed by atoms with Crippen LogP contribution in [0, 0.1) is 0 Å². The Morgan fingerprint density at radius 1 is 1.50 bits per heavy atom. The first-order valence-corrected chi connectivity index (χ1v) is 5.73. The van der Waals surface area contributed by atoms with E-state index >= 15 is 0 Å². The van der Waals surface area contributed by atoms with Crippen LogP contribution in [0.5, 0.6) is 0 Å². The highest BCUT2D eigenvalue weighted by Gasteiger charge is 2.33. The highest BCUT2D eigenvalue weighted by Crippen LogP contribution is 2.17. The predicted molar refractivity (Wildman–Crippen MR) is 34.0 cm³/mol. The van der Waals surface area contributed by atoms with Gasteiger partial charge in [-0.25, -0.2) is 0 Å². The molecule has 1 unspecified atom stereocenters. The minimum absolute atomic E-state index is 0.330. The normalized spacial score (nSPS) is 35.6. The molecule has 0 bridgehead atoms. The van der Waals surface area contributed by atoms with E-state index in [9.17, 15) is 0 Å². The van der Waals surface area contributed by atoms with Gasteiger partial charge in [-0.2, -0.15) is 0 Å². The average molecular weight is 132 g/mol. The zero-order valence-corrected chi connectivity index (χ0v) is 6.60. The van der Waals surface area contributed by atoms with Crippen LogP contribution in [0.3, 0.4) is 0 Å². The molecule has 1 fully saturated rings. The van der Waals surface area contributed by atoms with Gasteiger partial charge in [0.25, 0.3) is 0 Å². The third kappa shape index (κ3) is 1.31. The summed E-state index contributed by atoms with van der Waals surface area (Å²) in [5, 5.41) is 0. The first-order chi connectivity index (χ1) is 3.60. The van der Waals surface area contributed by atoms with Crippen molar-refractivity contribution in [1.82, 2.24) is 0 Å². The summed E-state index contributed by atoms with van der Waals surface area (Å²) in [6.07, 6.45) is 0.330. The maximum atomic E-state index is 5.47. The summed E-state index contributed by atoms with van der Waals surface area (Å²) in [4.78, 5) is 0. The van der Waals surface area contributed by atoms with Crippen molar-refractivity contribution in [3.05, 3.63) is 0 Å². The van der Waals surface area contributed by atoms with Crippen molar-refractivity contribution < 1.29 is 8.85 Å². The summed E-state index contributed by atoms with van der Waals surface area (Å²) in [6.45, 7) is 6.97. The third-order valence-electron chi connectivity index (χ3n) is 1.15. The van der Waals surface area contributed by atoms with Crippen molar-refractivity contribution in [2.24, 2.45) is 0 Å². The Morgan fingerprint density at radius 3 is 2.25 bits per heavy atom. The van der Waals surface area contributed by atoms with Gasteiger partial charge in [0.15, 0.2) is 0 Å². The molecule has 0 saturated carbocycles. The molecule has 48 valence electrons. The molecule has 1 rings (SSSR count). The van der Waals surface area contributed by atoms with E-state index in [1.165, 1.54) is 0 Å². The SMILES string of the molecule is CC1CO[Si](C)(C)O1. The lowest BCUT2D eigenvalue weighted by molar-refractivity contribution is 0.253. The Hall–Kier alpha value is 0.137. The molecule has 8 heavy (non-hydrogen) atoms. The summed E-state index contributed by atoms with van der Waals surface area (Å²) in [5.74, 6) is 0. The Balaban J connectivity index is 2.44. The fraction of sp³-hybridized carbons (Fsp3) is 1.00. The maximum absolute atomic E-state index is 5.47. The zero-order chi connectivity index (χ0) is 6.20. The van der Waals surface area contributed by atoms with Gasteiger partial charge in [-0.05, 0) is 20.0 Å². The molecule has 0 aromatic rings. The molecule has 1 saturated heterocycles. The van der Waals surface area contributed by atoms with Gasteiger partial charge in [-0.3, -0.25) is 0 Å². The number of hydrogen-bond donors (Lipinski definition) is 0. The molecule has 0 radical (unpaired) electrons. The maximum Gasteiger partial charge on any atom is 0.332 e. The predicted octanol–water partition coefficient (Wildman–Crippen LogP) is 1.12. The monoisotopic (exact) mass is 132 g/mol. The fourth-order valence-electron chi connectivity index (χ4n) is 0.871. The van der Waals surface area contributed by atoms with Gasteiger partial charge >= 0.3 is 8.56 Å². The molecule has 3 heteroatoms. The zero-order valence-electron chi connectivity index (χ0n) is 5.60. The van der Waals surface area contributed by atoms with Crippen LogP contribution in [0.15, 0.2) is 0 Å². The molecule has 0 aliphatic carbocycles. The van der Waals surface area contributed by atoms with Gasteiger partial charge in [-0.1, -0.05) is 0 Å². The average Bonchev–Trinajstić information content (AvgIpc) is 1.82. The Kier molecular flexibility index (Phi) is 1.43. The molecular weight excluding hydrogens is 120 g/mol. The molecule has 1 aliphatic rings. The minimum Gasteiger partial charge on any atom is -0.392 e. The summed E-state index contributed by atoms with van der Waals surface area (Å²) in [6, 6.07) is 0. The van der Waals surface area contributed by atoms with Crippen LogP contribution in [0.1, 0.15) is 6.92 Å². The van der Waals surface area contributed by atoms with Crippen molar-refractivity contribution in [3.63, 3.8) is 0 Å². The summed E-state index contributed by atoms with van der Waals surface area (Å²) < 4.78 is 10.8. The Labute approximate surface area is 51.0 Å². The van der Waals surface area contributed by atoms with E-state index in [-0.39, 0.29) is 0 Å². The van der Waals surface area contributed by atoms with Gasteiger partial charge in [0.1, 0.15) is 0 Å². The van der Waals surface area contributed by atoms with E-state index in [4.69, 9.17) is 8.85 Å². The molecule has 0 aromatic heterocycles. The smallest absolute Gasteiger partial charge is 0.332 e. The summed E-state index contributed by atoms with van der Waals surface area (Å²) >= 11 is 0. The van der Waals surface area contributed by atoms with E-state index in [2.05, 4.69) is 13.1 Å². The Bertz CT molecular complexity index is 92.4. The van der Waals surface area contributed by atoms with Gasteiger partial charge in [0, 0.05) is 0 Å². The fourth-order valence-corrected chi connectivity index (χ4v) is 2.61. The number of hydrogen-bond acceptors (Lipinski definition) is 2. The van der Waals surface area contributed by atoms with Crippen molar-refractivity contribution in [2.45, 2.75) is 26.1 Å². The largest absolute Gasteiger partial charge is 0.392 e. The van der Waals surface area contributed by atoms with Crippen LogP contribution in [0.4, 0.5) is 0 Å². The summed E-state index contributed by atoms with van der Waals surface area (Å²) in [7, 11) is -1.60. The molecule has 1 heterocycles. The molecular formula is C5H12O2Si. The van der Waals surface area contributed by atoms with Crippen LogP contribution in [-0.4, -0.2) is 21.3 Å². The summed E-state index contributed by atoms with van der Waals surface area (Å²) in [5.41, 5.74) is 0. The highest BCUT2D eigenvalue weighted by atomic mass is 28.4. The molecule has 0 amide bonds. The third-order valence-corrected chi connectivity index (χ3v) is 2.98. The van der Waals surface area contributed by atoms with E-state index in [0.29, 0.717) is 6.10 Å². The van der Waals surface area contributed by atoms with Gasteiger partial charge in [0.05, 0.1) is 12.7 Å². The molecule has 0 aromatic carbocycles. The molecule has 0 N–H and O–H groups in total. The van der Waals surface area contributed by atoms with E-state index in [0.717, 1.165) is 6.61 Å². The number of rotatable bonds is 0. The van der Waals surface area contributed by atoms with Crippen molar-refractivity contribution in [2.75, 3.05) is 6.61 Å². The van der Waals surface area contributed by atoms with Crippen molar-refractivity contribution in [1.29, 1.82) is 0 Å². The van der Waals surface area contributed by atoms with E-state index in [1.54, 1.807) is 0 Å². The van der Waals surface area contributed by atoms with Crippen molar-refractivity contribution >= 4 is 8.56 Å². The molecule has 1 aliphatic heterocycles. The highest BCUT2D eigenvalue weighted by molar-refractivity contribution is 6.65. The van der Waals surface area contributed by atoms with E-state index in [1.807, 2.05) is 6.92 Å². The second-order valence-electron chi connectivity index (χ2n) is 2.64. The second kappa shape index (κ2) is 1.82. The van der Waals surface area contributed by atoms with Crippen LogP contribution >= 0.6 is 0 Å². The second-order valence-corrected chi connectivity index (χ2v) is 5.96. The molecule has 1 atom stereocenters. The topological polar surface area (TPSA) is 18.5 Å². The van der Waals surface area contributed by atoms with Gasteiger partial charge in [-0.15, -0.1) is 0 Å². The first-order valence-electron chi connectivity index (χ1n) is 2.92. The molecule has 2 nitrogen and oxygen atoms in total. The minimum atomic E-state index is -1.60. The van der Waals surface area contributed by atoms with E-state index < -0.39 is 8.56 Å². The lowest BCUT2D eigenvalue weighted by Crippen LogP contribution is -2.27. The standard InChI is InChI=1S/C5H12O2Si/c1-5-4-6-8(2,3)7-5/h5H,4H2,1-3H3. The van der Waals surface area contributed by atoms with Crippen molar-refractivity contribution in [3.8, 4) is 0 Å². The van der Waals surface area contributed by atoms with Gasteiger partial charge < -0.3 is 8.85 Å². The van der Waals surface area contributed by atoms with Crippen LogP contribution in [0.2, 0.25) is 13.1 Å². The lowest BCUT2D eigenvalue weighted by atomic mass is 10.5.